The van der Waals surface area contributed by atoms with Crippen LogP contribution in [0.1, 0.15) is 12.5 Å². The van der Waals surface area contributed by atoms with Crippen molar-refractivity contribution < 1.29 is 0 Å². The monoisotopic (exact) mass is 135 g/mol. The largest absolute Gasteiger partial charge is 0.367 e. The highest BCUT2D eigenvalue weighted by atomic mass is 15.1. The third-order valence-corrected chi connectivity index (χ3v) is 1.70. The van der Waals surface area contributed by atoms with Gasteiger partial charge in [0.15, 0.2) is 0 Å². The molecule has 0 saturated heterocycles. The quantitative estimate of drug-likeness (QED) is 0.572. The first-order valence-corrected chi connectivity index (χ1v) is 3.41. The summed E-state index contributed by atoms with van der Waals surface area (Å²) in [5.41, 5.74) is 1.23. The summed E-state index contributed by atoms with van der Waals surface area (Å²) in [5, 5.41) is 3.25. The maximum absolute atomic E-state index is 4.09. The fourth-order valence-electron chi connectivity index (χ4n) is 1.25. The number of rotatable bonds is 0. The summed E-state index contributed by atoms with van der Waals surface area (Å²) in [5.74, 6) is 1.00. The van der Waals surface area contributed by atoms with Crippen molar-refractivity contribution in [1.29, 1.82) is 0 Å². The highest BCUT2D eigenvalue weighted by Crippen LogP contribution is 2.20. The van der Waals surface area contributed by atoms with E-state index in [1.807, 2.05) is 6.20 Å². The Kier molecular flexibility index (Phi) is 1.09. The molecule has 1 atom stereocenters. The Morgan fingerprint density at radius 3 is 3.40 bits per heavy atom. The first kappa shape index (κ1) is 5.65. The molecular weight excluding hydrogens is 126 g/mol. The highest BCUT2D eigenvalue weighted by Gasteiger charge is 2.16. The zero-order chi connectivity index (χ0) is 6.97. The maximum atomic E-state index is 4.09. The molecule has 1 aromatic heterocycles. The van der Waals surface area contributed by atoms with Crippen molar-refractivity contribution >= 4 is 5.82 Å². The predicted molar refractivity (Wildman–Crippen MR) is 38.8 cm³/mol. The van der Waals surface area contributed by atoms with Crippen molar-refractivity contribution in [3.05, 3.63) is 18.1 Å². The lowest BCUT2D eigenvalue weighted by atomic mass is 10.2. The number of nitrogens with one attached hydrogen (secondary N) is 1. The van der Waals surface area contributed by atoms with Gasteiger partial charge < -0.3 is 5.32 Å². The standard InChI is InChI=1S/C7H9N3/c1-5-2-6-3-8-4-9-7(6)10-5/h3-5H,2H2,1H3,(H,8,9,10). The smallest absolute Gasteiger partial charge is 0.132 e. The Balaban J connectivity index is 2.42. The van der Waals surface area contributed by atoms with Crippen LogP contribution in [0.4, 0.5) is 5.82 Å². The summed E-state index contributed by atoms with van der Waals surface area (Å²) in [6.45, 7) is 2.14. The molecule has 52 valence electrons. The van der Waals surface area contributed by atoms with E-state index in [9.17, 15) is 0 Å². The Hall–Kier alpha value is -1.12. The van der Waals surface area contributed by atoms with E-state index in [1.54, 1.807) is 6.33 Å². The molecule has 3 heteroatoms. The summed E-state index contributed by atoms with van der Waals surface area (Å²) in [4.78, 5) is 8.03. The molecule has 0 spiro atoms. The molecule has 1 aliphatic heterocycles. The number of fused-ring (bicyclic) bond motifs is 1. The van der Waals surface area contributed by atoms with Gasteiger partial charge >= 0.3 is 0 Å². The second kappa shape index (κ2) is 1.94. The van der Waals surface area contributed by atoms with E-state index in [1.165, 1.54) is 5.56 Å². The van der Waals surface area contributed by atoms with E-state index in [4.69, 9.17) is 0 Å². The van der Waals surface area contributed by atoms with Crippen LogP contribution in [0.15, 0.2) is 12.5 Å². The first-order chi connectivity index (χ1) is 4.86. The van der Waals surface area contributed by atoms with Gasteiger partial charge in [-0.3, -0.25) is 0 Å². The van der Waals surface area contributed by atoms with Gasteiger partial charge in [-0.2, -0.15) is 0 Å². The molecule has 1 aliphatic rings. The molecule has 1 N–H and O–H groups in total. The molecule has 0 fully saturated rings. The highest BCUT2D eigenvalue weighted by molar-refractivity contribution is 5.48. The van der Waals surface area contributed by atoms with Gasteiger partial charge in [0.2, 0.25) is 0 Å². The maximum Gasteiger partial charge on any atom is 0.132 e. The molecule has 2 heterocycles. The van der Waals surface area contributed by atoms with E-state index in [0.717, 1.165) is 12.2 Å². The van der Waals surface area contributed by atoms with Gasteiger partial charge in [-0.05, 0) is 13.3 Å². The van der Waals surface area contributed by atoms with Crippen molar-refractivity contribution in [3.8, 4) is 0 Å². The van der Waals surface area contributed by atoms with E-state index < -0.39 is 0 Å². The zero-order valence-electron chi connectivity index (χ0n) is 5.83. The van der Waals surface area contributed by atoms with Crippen LogP contribution in [-0.4, -0.2) is 16.0 Å². The van der Waals surface area contributed by atoms with E-state index in [2.05, 4.69) is 22.2 Å². The molecular formula is C7H9N3. The molecule has 0 radical (unpaired) electrons. The topological polar surface area (TPSA) is 37.8 Å². The van der Waals surface area contributed by atoms with Gasteiger partial charge in [0.1, 0.15) is 12.1 Å². The van der Waals surface area contributed by atoms with Gasteiger partial charge in [-0.25, -0.2) is 9.97 Å². The fourth-order valence-corrected chi connectivity index (χ4v) is 1.25. The van der Waals surface area contributed by atoms with Gasteiger partial charge in [-0.15, -0.1) is 0 Å². The number of hydrogen-bond donors (Lipinski definition) is 1. The third kappa shape index (κ3) is 0.744. The molecule has 0 saturated carbocycles. The summed E-state index contributed by atoms with van der Waals surface area (Å²) in [6.07, 6.45) is 4.50. The van der Waals surface area contributed by atoms with Crippen molar-refractivity contribution in [3.63, 3.8) is 0 Å². The molecule has 3 nitrogen and oxygen atoms in total. The van der Waals surface area contributed by atoms with Crippen molar-refractivity contribution in [2.75, 3.05) is 5.32 Å². The van der Waals surface area contributed by atoms with Crippen LogP contribution in [0.25, 0.3) is 0 Å². The van der Waals surface area contributed by atoms with Gasteiger partial charge in [-0.1, -0.05) is 0 Å². The van der Waals surface area contributed by atoms with Gasteiger partial charge in [0.25, 0.3) is 0 Å². The first-order valence-electron chi connectivity index (χ1n) is 3.41. The van der Waals surface area contributed by atoms with Gasteiger partial charge in [0.05, 0.1) is 0 Å². The van der Waals surface area contributed by atoms with Crippen LogP contribution in [0, 0.1) is 0 Å². The SMILES string of the molecule is CC1Cc2cncnc2N1. The average Bonchev–Trinajstić information content (AvgIpc) is 2.27. The number of nitrogens with zero attached hydrogens (tertiary/aromatic N) is 2. The summed E-state index contributed by atoms with van der Waals surface area (Å²) < 4.78 is 0. The lowest BCUT2D eigenvalue weighted by Gasteiger charge is -1.99. The molecule has 0 bridgehead atoms. The molecule has 0 aliphatic carbocycles. The lowest BCUT2D eigenvalue weighted by Crippen LogP contribution is -2.08. The minimum atomic E-state index is 0.520. The normalized spacial score (nSPS) is 21.9. The molecule has 0 aromatic carbocycles. The minimum Gasteiger partial charge on any atom is -0.367 e. The van der Waals surface area contributed by atoms with Crippen LogP contribution in [0.3, 0.4) is 0 Å². The Morgan fingerprint density at radius 1 is 1.70 bits per heavy atom. The van der Waals surface area contributed by atoms with Crippen molar-refractivity contribution in [2.24, 2.45) is 0 Å². The Labute approximate surface area is 59.5 Å². The van der Waals surface area contributed by atoms with Crippen molar-refractivity contribution in [2.45, 2.75) is 19.4 Å². The third-order valence-electron chi connectivity index (χ3n) is 1.70. The molecule has 10 heavy (non-hydrogen) atoms. The van der Waals surface area contributed by atoms with Crippen LogP contribution >= 0.6 is 0 Å². The lowest BCUT2D eigenvalue weighted by molar-refractivity contribution is 0.837. The average molecular weight is 135 g/mol. The Morgan fingerprint density at radius 2 is 2.60 bits per heavy atom. The van der Waals surface area contributed by atoms with Crippen LogP contribution < -0.4 is 5.32 Å². The molecule has 1 unspecified atom stereocenters. The zero-order valence-corrected chi connectivity index (χ0v) is 5.83. The number of anilines is 1. The summed E-state index contributed by atoms with van der Waals surface area (Å²) in [6, 6.07) is 0.520. The van der Waals surface area contributed by atoms with Crippen LogP contribution in [0.5, 0.6) is 0 Å². The number of hydrogen-bond acceptors (Lipinski definition) is 3. The predicted octanol–water partition coefficient (Wildman–Crippen LogP) is 0.833. The van der Waals surface area contributed by atoms with Gasteiger partial charge in [0, 0.05) is 17.8 Å². The van der Waals surface area contributed by atoms with Crippen LogP contribution in [-0.2, 0) is 6.42 Å². The van der Waals surface area contributed by atoms with E-state index in [0.29, 0.717) is 6.04 Å². The Bertz CT molecular complexity index is 221. The van der Waals surface area contributed by atoms with Crippen molar-refractivity contribution in [1.82, 2.24) is 9.97 Å². The summed E-state index contributed by atoms with van der Waals surface area (Å²) >= 11 is 0. The van der Waals surface area contributed by atoms with E-state index in [-0.39, 0.29) is 0 Å². The summed E-state index contributed by atoms with van der Waals surface area (Å²) in [7, 11) is 0. The van der Waals surface area contributed by atoms with E-state index >= 15 is 0 Å². The second-order valence-corrected chi connectivity index (χ2v) is 2.65. The number of aromatic nitrogens is 2. The second-order valence-electron chi connectivity index (χ2n) is 2.65. The molecule has 0 amide bonds. The van der Waals surface area contributed by atoms with Crippen LogP contribution in [0.2, 0.25) is 0 Å². The molecule has 1 aromatic rings. The fraction of sp³-hybridized carbons (Fsp3) is 0.429. The minimum absolute atomic E-state index is 0.520. The molecule has 2 rings (SSSR count).